The molecule has 0 bridgehead atoms. The Morgan fingerprint density at radius 2 is 2.22 bits per heavy atom. The van der Waals surface area contributed by atoms with E-state index >= 15 is 0 Å². The maximum Gasteiger partial charge on any atom is 0.151 e. The first-order chi connectivity index (χ1) is 4.06. The topological polar surface area (TPSA) is 57.9 Å². The summed E-state index contributed by atoms with van der Waals surface area (Å²) in [7, 11) is -2.93. The summed E-state index contributed by atoms with van der Waals surface area (Å²) < 4.78 is 20.7. The van der Waals surface area contributed by atoms with E-state index in [1.165, 1.54) is 6.08 Å². The zero-order chi connectivity index (χ0) is 7.33. The fourth-order valence-corrected chi connectivity index (χ4v) is 0.721. The minimum Gasteiger partial charge on any atom is -0.229 e. The summed E-state index contributed by atoms with van der Waals surface area (Å²) in [4.78, 5) is 0. The van der Waals surface area contributed by atoms with E-state index in [4.69, 9.17) is 5.26 Å². The highest BCUT2D eigenvalue weighted by Crippen LogP contribution is 1.82. The fraction of sp³-hybridized carbons (Fsp3) is 0.400. The molecule has 0 saturated heterocycles. The smallest absolute Gasteiger partial charge is 0.151 e. The highest BCUT2D eigenvalue weighted by atomic mass is 32.2. The number of rotatable bonds is 2. The van der Waals surface area contributed by atoms with E-state index in [0.29, 0.717) is 0 Å². The maximum atomic E-state index is 10.3. The summed E-state index contributed by atoms with van der Waals surface area (Å²) in [6, 6.07) is 1.70. The Morgan fingerprint density at radius 3 is 2.56 bits per heavy atom. The SMILES string of the molecule is CS(=O)(=O)CC=CC#N. The van der Waals surface area contributed by atoms with Gasteiger partial charge < -0.3 is 0 Å². The second-order valence-corrected chi connectivity index (χ2v) is 3.81. The molecule has 0 N–H and O–H groups in total. The predicted octanol–water partition coefficient (Wildman–Crippen LogP) is 0.111. The van der Waals surface area contributed by atoms with Gasteiger partial charge in [0.2, 0.25) is 0 Å². The number of hydrogen-bond donors (Lipinski definition) is 0. The van der Waals surface area contributed by atoms with Crippen molar-refractivity contribution in [3.8, 4) is 6.07 Å². The monoisotopic (exact) mass is 145 g/mol. The van der Waals surface area contributed by atoms with Crippen molar-refractivity contribution in [1.29, 1.82) is 5.26 Å². The molecule has 0 aromatic rings. The highest BCUT2D eigenvalue weighted by molar-refractivity contribution is 7.90. The van der Waals surface area contributed by atoms with Crippen LogP contribution in [0.15, 0.2) is 12.2 Å². The van der Waals surface area contributed by atoms with Crippen LogP contribution in [0.3, 0.4) is 0 Å². The largest absolute Gasteiger partial charge is 0.229 e. The van der Waals surface area contributed by atoms with E-state index in [1.807, 2.05) is 0 Å². The number of allylic oxidation sites excluding steroid dienone is 1. The molecule has 3 nitrogen and oxygen atoms in total. The fourth-order valence-electron chi connectivity index (χ4n) is 0.276. The third kappa shape index (κ3) is 7.18. The third-order valence-corrected chi connectivity index (χ3v) is 1.39. The maximum absolute atomic E-state index is 10.3. The van der Waals surface area contributed by atoms with Crippen molar-refractivity contribution >= 4 is 9.84 Å². The van der Waals surface area contributed by atoms with E-state index in [0.717, 1.165) is 12.3 Å². The molecule has 9 heavy (non-hydrogen) atoms. The van der Waals surface area contributed by atoms with Crippen molar-refractivity contribution in [2.45, 2.75) is 0 Å². The van der Waals surface area contributed by atoms with E-state index in [-0.39, 0.29) is 5.75 Å². The third-order valence-electron chi connectivity index (χ3n) is 0.591. The summed E-state index contributed by atoms with van der Waals surface area (Å²) in [5, 5.41) is 7.93. The first-order valence-corrected chi connectivity index (χ1v) is 4.34. The first-order valence-electron chi connectivity index (χ1n) is 2.28. The zero-order valence-corrected chi connectivity index (χ0v) is 5.85. The number of nitrogens with zero attached hydrogens (tertiary/aromatic N) is 1. The normalized spacial score (nSPS) is 11.6. The lowest BCUT2D eigenvalue weighted by Gasteiger charge is -1.84. The molecule has 0 radical (unpaired) electrons. The summed E-state index contributed by atoms with van der Waals surface area (Å²) in [6.45, 7) is 0. The molecule has 0 amide bonds. The molecule has 0 fully saturated rings. The zero-order valence-electron chi connectivity index (χ0n) is 5.03. The second-order valence-electron chi connectivity index (χ2n) is 1.62. The number of nitriles is 1. The van der Waals surface area contributed by atoms with Crippen LogP contribution in [0.5, 0.6) is 0 Å². The second kappa shape index (κ2) is 3.25. The minimum atomic E-state index is -2.93. The Kier molecular flexibility index (Phi) is 2.96. The van der Waals surface area contributed by atoms with Crippen molar-refractivity contribution in [2.75, 3.05) is 12.0 Å². The van der Waals surface area contributed by atoms with Crippen LogP contribution >= 0.6 is 0 Å². The van der Waals surface area contributed by atoms with Crippen LogP contribution in [0.4, 0.5) is 0 Å². The first kappa shape index (κ1) is 8.18. The van der Waals surface area contributed by atoms with E-state index in [9.17, 15) is 8.42 Å². The molecule has 0 saturated carbocycles. The van der Waals surface area contributed by atoms with Crippen LogP contribution in [-0.2, 0) is 9.84 Å². The van der Waals surface area contributed by atoms with Gasteiger partial charge in [-0.3, -0.25) is 0 Å². The van der Waals surface area contributed by atoms with Crippen LogP contribution in [0.25, 0.3) is 0 Å². The van der Waals surface area contributed by atoms with Crippen molar-refractivity contribution in [3.05, 3.63) is 12.2 Å². The molecule has 0 aliphatic heterocycles. The van der Waals surface area contributed by atoms with Gasteiger partial charge in [0.1, 0.15) is 0 Å². The van der Waals surface area contributed by atoms with Crippen LogP contribution in [0.2, 0.25) is 0 Å². The molecular weight excluding hydrogens is 138 g/mol. The molecule has 0 unspecified atom stereocenters. The van der Waals surface area contributed by atoms with Gasteiger partial charge in [-0.05, 0) is 0 Å². The van der Waals surface area contributed by atoms with Gasteiger partial charge in [0.05, 0.1) is 11.8 Å². The van der Waals surface area contributed by atoms with Gasteiger partial charge in [-0.2, -0.15) is 5.26 Å². The minimum absolute atomic E-state index is 0.0550. The Morgan fingerprint density at radius 1 is 1.67 bits per heavy atom. The van der Waals surface area contributed by atoms with Crippen molar-refractivity contribution < 1.29 is 8.42 Å². The lowest BCUT2D eigenvalue weighted by Crippen LogP contribution is -1.98. The van der Waals surface area contributed by atoms with E-state index in [1.54, 1.807) is 6.07 Å². The van der Waals surface area contributed by atoms with Crippen LogP contribution in [-0.4, -0.2) is 20.4 Å². The van der Waals surface area contributed by atoms with E-state index in [2.05, 4.69) is 0 Å². The number of hydrogen-bond acceptors (Lipinski definition) is 3. The molecule has 0 rings (SSSR count). The van der Waals surface area contributed by atoms with Crippen LogP contribution in [0.1, 0.15) is 0 Å². The summed E-state index contributed by atoms with van der Waals surface area (Å²) >= 11 is 0. The molecule has 50 valence electrons. The van der Waals surface area contributed by atoms with Gasteiger partial charge in [0, 0.05) is 12.3 Å². The van der Waals surface area contributed by atoms with Crippen LogP contribution < -0.4 is 0 Å². The summed E-state index contributed by atoms with van der Waals surface area (Å²) in [5.74, 6) is -0.0550. The Labute approximate surface area is 54.5 Å². The predicted molar refractivity (Wildman–Crippen MR) is 34.5 cm³/mol. The summed E-state index contributed by atoms with van der Waals surface area (Å²) in [6.07, 6.45) is 3.59. The van der Waals surface area contributed by atoms with Crippen molar-refractivity contribution in [1.82, 2.24) is 0 Å². The molecule has 0 aliphatic carbocycles. The average Bonchev–Trinajstić information content (AvgIpc) is 1.63. The molecule has 0 aromatic carbocycles. The van der Waals surface area contributed by atoms with Crippen LogP contribution in [0, 0.1) is 11.3 Å². The highest BCUT2D eigenvalue weighted by Gasteiger charge is 1.94. The molecule has 0 atom stereocenters. The quantitative estimate of drug-likeness (QED) is 0.518. The molecule has 0 aliphatic rings. The van der Waals surface area contributed by atoms with Gasteiger partial charge >= 0.3 is 0 Å². The standard InChI is InChI=1S/C5H7NO2S/c1-9(7,8)5-3-2-4-6/h2-3H,5H2,1H3. The number of sulfone groups is 1. The van der Waals surface area contributed by atoms with Gasteiger partial charge in [-0.25, -0.2) is 8.42 Å². The Hall–Kier alpha value is -0.820. The Balaban J connectivity index is 3.83. The van der Waals surface area contributed by atoms with Crippen molar-refractivity contribution in [3.63, 3.8) is 0 Å². The van der Waals surface area contributed by atoms with Gasteiger partial charge in [0.25, 0.3) is 0 Å². The summed E-state index contributed by atoms with van der Waals surface area (Å²) in [5.41, 5.74) is 0. The molecule has 0 heterocycles. The molecular formula is C5H7NO2S. The molecule has 0 spiro atoms. The van der Waals surface area contributed by atoms with Gasteiger partial charge in [-0.15, -0.1) is 0 Å². The van der Waals surface area contributed by atoms with Gasteiger partial charge in [0.15, 0.2) is 9.84 Å². The van der Waals surface area contributed by atoms with Crippen molar-refractivity contribution in [2.24, 2.45) is 0 Å². The lowest BCUT2D eigenvalue weighted by atomic mass is 10.6. The molecule has 4 heteroatoms. The van der Waals surface area contributed by atoms with E-state index < -0.39 is 9.84 Å². The van der Waals surface area contributed by atoms with Gasteiger partial charge in [-0.1, -0.05) is 6.08 Å². The lowest BCUT2D eigenvalue weighted by molar-refractivity contribution is 0.604. The Bertz CT molecular complexity index is 232. The molecule has 0 aromatic heterocycles. The average molecular weight is 145 g/mol.